The molecule has 1 aliphatic heterocycles. The molecule has 32 heavy (non-hydrogen) atoms. The van der Waals surface area contributed by atoms with Gasteiger partial charge in [0, 0.05) is 62.1 Å². The average Bonchev–Trinajstić information content (AvgIpc) is 3.35. The number of nitrogens with one attached hydrogen (secondary N) is 1. The minimum absolute atomic E-state index is 0.0480. The topological polar surface area (TPSA) is 88.8 Å². The molecule has 1 N–H and O–H groups in total. The zero-order chi connectivity index (χ0) is 22.5. The minimum Gasteiger partial charge on any atom is -0.353 e. The monoisotopic (exact) mass is 433 g/mol. The Hall–Kier alpha value is -3.29. The van der Waals surface area contributed by atoms with Gasteiger partial charge in [0.2, 0.25) is 11.9 Å². The van der Waals surface area contributed by atoms with Crippen molar-refractivity contribution in [3.05, 3.63) is 54.9 Å². The Bertz CT molecular complexity index is 1010. The molecule has 1 fully saturated rings. The third kappa shape index (κ3) is 5.12. The first kappa shape index (κ1) is 21.9. The standard InChI is InChI=1S/C24H31N7O/c1-17(2)23-21(19-5-10-25-11-6-19)16-26-24(29-23)30-13-7-20(8-14-30)28-22(32)15-18(3)31-12-4-9-27-31/h4-6,9-12,16-18,20H,7-8,13-15H2,1-3H3,(H,28,32)/t18-/m0/s1. The first-order valence-corrected chi connectivity index (χ1v) is 11.3. The molecule has 0 spiro atoms. The molecule has 3 aromatic rings. The average molecular weight is 434 g/mol. The van der Waals surface area contributed by atoms with Crippen LogP contribution in [-0.4, -0.2) is 49.8 Å². The second-order valence-corrected chi connectivity index (χ2v) is 8.73. The molecular formula is C24H31N7O. The van der Waals surface area contributed by atoms with Gasteiger partial charge in [0.1, 0.15) is 0 Å². The highest BCUT2D eigenvalue weighted by Crippen LogP contribution is 2.29. The van der Waals surface area contributed by atoms with Crippen molar-refractivity contribution in [2.45, 2.75) is 58.0 Å². The van der Waals surface area contributed by atoms with Crippen molar-refractivity contribution in [1.82, 2.24) is 30.0 Å². The lowest BCUT2D eigenvalue weighted by Gasteiger charge is -2.33. The third-order valence-corrected chi connectivity index (χ3v) is 5.94. The number of carbonyl (C=O) groups is 1. The molecule has 1 atom stereocenters. The molecule has 1 amide bonds. The Balaban J connectivity index is 1.35. The molecule has 1 saturated heterocycles. The van der Waals surface area contributed by atoms with Gasteiger partial charge in [0.25, 0.3) is 0 Å². The van der Waals surface area contributed by atoms with Gasteiger partial charge in [-0.05, 0) is 49.4 Å². The number of hydrogen-bond donors (Lipinski definition) is 1. The van der Waals surface area contributed by atoms with Crippen molar-refractivity contribution < 1.29 is 4.79 Å². The molecule has 0 aromatic carbocycles. The van der Waals surface area contributed by atoms with Crippen molar-refractivity contribution in [3.63, 3.8) is 0 Å². The van der Waals surface area contributed by atoms with E-state index < -0.39 is 0 Å². The smallest absolute Gasteiger partial charge is 0.225 e. The second kappa shape index (κ2) is 9.89. The molecule has 4 rings (SSSR count). The third-order valence-electron chi connectivity index (χ3n) is 5.94. The highest BCUT2D eigenvalue weighted by Gasteiger charge is 2.24. The maximum Gasteiger partial charge on any atom is 0.225 e. The van der Waals surface area contributed by atoms with E-state index in [0.717, 1.165) is 48.7 Å². The SMILES string of the molecule is CC(C)c1nc(N2CCC(NC(=O)C[C@H](C)n3cccn3)CC2)ncc1-c1ccncc1. The first-order valence-electron chi connectivity index (χ1n) is 11.3. The van der Waals surface area contributed by atoms with E-state index in [1.165, 1.54) is 0 Å². The van der Waals surface area contributed by atoms with Crippen molar-refractivity contribution in [1.29, 1.82) is 0 Å². The first-order chi connectivity index (χ1) is 15.5. The summed E-state index contributed by atoms with van der Waals surface area (Å²) in [6, 6.07) is 6.09. The molecule has 4 heterocycles. The van der Waals surface area contributed by atoms with E-state index in [2.05, 4.69) is 39.1 Å². The van der Waals surface area contributed by atoms with Gasteiger partial charge in [0.15, 0.2) is 0 Å². The number of hydrogen-bond acceptors (Lipinski definition) is 6. The summed E-state index contributed by atoms with van der Waals surface area (Å²) >= 11 is 0. The van der Waals surface area contributed by atoms with Gasteiger partial charge in [-0.1, -0.05) is 13.8 Å². The van der Waals surface area contributed by atoms with Crippen LogP contribution in [0.3, 0.4) is 0 Å². The number of amides is 1. The molecular weight excluding hydrogens is 402 g/mol. The molecule has 3 aromatic heterocycles. The number of carbonyl (C=O) groups excluding carboxylic acids is 1. The van der Waals surface area contributed by atoms with Crippen molar-refractivity contribution in [3.8, 4) is 11.1 Å². The van der Waals surface area contributed by atoms with Crippen LogP contribution in [0.25, 0.3) is 11.1 Å². The van der Waals surface area contributed by atoms with Crippen molar-refractivity contribution in [2.24, 2.45) is 0 Å². The number of rotatable bonds is 7. The lowest BCUT2D eigenvalue weighted by molar-refractivity contribution is -0.122. The van der Waals surface area contributed by atoms with E-state index >= 15 is 0 Å². The summed E-state index contributed by atoms with van der Waals surface area (Å²) in [5, 5.41) is 7.41. The fourth-order valence-electron chi connectivity index (χ4n) is 4.15. The van der Waals surface area contributed by atoms with Gasteiger partial charge < -0.3 is 10.2 Å². The van der Waals surface area contributed by atoms with Crippen molar-refractivity contribution in [2.75, 3.05) is 18.0 Å². The van der Waals surface area contributed by atoms with Crippen LogP contribution in [0.2, 0.25) is 0 Å². The Labute approximate surface area is 189 Å². The van der Waals surface area contributed by atoms with E-state index in [-0.39, 0.29) is 23.9 Å². The summed E-state index contributed by atoms with van der Waals surface area (Å²) in [6.07, 6.45) is 11.3. The van der Waals surface area contributed by atoms with E-state index in [1.807, 2.05) is 42.2 Å². The summed E-state index contributed by atoms with van der Waals surface area (Å²) in [6.45, 7) is 7.97. The summed E-state index contributed by atoms with van der Waals surface area (Å²) < 4.78 is 1.82. The maximum atomic E-state index is 12.5. The summed E-state index contributed by atoms with van der Waals surface area (Å²) in [5.74, 6) is 1.13. The fourth-order valence-corrected chi connectivity index (χ4v) is 4.15. The van der Waals surface area contributed by atoms with Crippen LogP contribution in [0.5, 0.6) is 0 Å². The van der Waals surface area contributed by atoms with Crippen molar-refractivity contribution >= 4 is 11.9 Å². The maximum absolute atomic E-state index is 12.5. The van der Waals surface area contributed by atoms with Gasteiger partial charge >= 0.3 is 0 Å². The summed E-state index contributed by atoms with van der Waals surface area (Å²) in [4.78, 5) is 28.4. The van der Waals surface area contributed by atoms with Gasteiger partial charge in [-0.3, -0.25) is 14.5 Å². The van der Waals surface area contributed by atoms with Gasteiger partial charge in [-0.15, -0.1) is 0 Å². The number of nitrogens with zero attached hydrogens (tertiary/aromatic N) is 6. The largest absolute Gasteiger partial charge is 0.353 e. The molecule has 168 valence electrons. The Morgan fingerprint density at radius 1 is 1.16 bits per heavy atom. The second-order valence-electron chi connectivity index (χ2n) is 8.73. The van der Waals surface area contributed by atoms with Crippen LogP contribution in [0.4, 0.5) is 5.95 Å². The zero-order valence-electron chi connectivity index (χ0n) is 19.0. The van der Waals surface area contributed by atoms with Crippen LogP contribution in [0.15, 0.2) is 49.2 Å². The van der Waals surface area contributed by atoms with Gasteiger partial charge in [0.05, 0.1) is 11.7 Å². The minimum atomic E-state index is 0.0480. The predicted molar refractivity (Wildman–Crippen MR) is 124 cm³/mol. The van der Waals surface area contributed by atoms with E-state index in [0.29, 0.717) is 6.42 Å². The van der Waals surface area contributed by atoms with Crippen LogP contribution < -0.4 is 10.2 Å². The normalized spacial score (nSPS) is 15.7. The number of aromatic nitrogens is 5. The molecule has 0 radical (unpaired) electrons. The lowest BCUT2D eigenvalue weighted by atomic mass is 10.00. The highest BCUT2D eigenvalue weighted by atomic mass is 16.1. The Kier molecular flexibility index (Phi) is 6.78. The fraction of sp³-hybridized carbons (Fsp3) is 0.458. The predicted octanol–water partition coefficient (Wildman–Crippen LogP) is 3.59. The van der Waals surface area contributed by atoms with Gasteiger partial charge in [-0.25, -0.2) is 9.97 Å². The number of piperidine rings is 1. The van der Waals surface area contributed by atoms with Gasteiger partial charge in [-0.2, -0.15) is 5.10 Å². The van der Waals surface area contributed by atoms with E-state index in [1.54, 1.807) is 18.6 Å². The van der Waals surface area contributed by atoms with Crippen LogP contribution in [0, 0.1) is 0 Å². The molecule has 8 heteroatoms. The summed E-state index contributed by atoms with van der Waals surface area (Å²) in [5.41, 5.74) is 3.19. The molecule has 0 saturated carbocycles. The molecule has 0 unspecified atom stereocenters. The molecule has 8 nitrogen and oxygen atoms in total. The Morgan fingerprint density at radius 2 is 1.91 bits per heavy atom. The van der Waals surface area contributed by atoms with Crippen LogP contribution >= 0.6 is 0 Å². The van der Waals surface area contributed by atoms with Crippen LogP contribution in [-0.2, 0) is 4.79 Å². The van der Waals surface area contributed by atoms with Crippen LogP contribution in [0.1, 0.15) is 57.7 Å². The number of pyridine rings is 1. The number of anilines is 1. The zero-order valence-corrected chi connectivity index (χ0v) is 19.0. The quantitative estimate of drug-likeness (QED) is 0.612. The molecule has 0 aliphatic carbocycles. The Morgan fingerprint density at radius 3 is 2.56 bits per heavy atom. The lowest BCUT2D eigenvalue weighted by Crippen LogP contribution is -2.45. The van der Waals surface area contributed by atoms with E-state index in [4.69, 9.17) is 4.98 Å². The summed E-state index contributed by atoms with van der Waals surface area (Å²) in [7, 11) is 0. The molecule has 1 aliphatic rings. The van der Waals surface area contributed by atoms with E-state index in [9.17, 15) is 4.79 Å². The molecule has 0 bridgehead atoms. The highest BCUT2D eigenvalue weighted by molar-refractivity contribution is 5.76.